The third-order valence-corrected chi connectivity index (χ3v) is 6.38. The molecule has 134 valence electrons. The Morgan fingerprint density at radius 1 is 1.27 bits per heavy atom. The maximum Gasteiger partial charge on any atom is 0.417 e. The molecular weight excluding hydrogens is 399 g/mol. The molecule has 3 rings (SSSR count). The molecule has 3 aromatic rings. The summed E-state index contributed by atoms with van der Waals surface area (Å²) >= 11 is 3.93. The smallest absolute Gasteiger partial charge is 0.245 e. The molecule has 0 radical (unpaired) electrons. The Hall–Kier alpha value is -1.89. The average molecular weight is 411 g/mol. The summed E-state index contributed by atoms with van der Waals surface area (Å²) in [6, 6.07) is 6.09. The van der Waals surface area contributed by atoms with Crippen LogP contribution in [0.5, 0.6) is 0 Å². The first kappa shape index (κ1) is 18.9. The molecule has 26 heavy (non-hydrogen) atoms. The molecule has 0 fully saturated rings. The Morgan fingerprint density at radius 3 is 2.65 bits per heavy atom. The second-order valence-electron chi connectivity index (χ2n) is 5.20. The maximum absolute atomic E-state index is 13.5. The summed E-state index contributed by atoms with van der Waals surface area (Å²) in [7, 11) is 0. The molecule has 0 aliphatic heterocycles. The van der Waals surface area contributed by atoms with Crippen molar-refractivity contribution in [3.63, 3.8) is 0 Å². The lowest BCUT2D eigenvalue weighted by Gasteiger charge is -2.13. The van der Waals surface area contributed by atoms with Crippen molar-refractivity contribution in [2.75, 3.05) is 0 Å². The van der Waals surface area contributed by atoms with E-state index in [1.807, 2.05) is 12.3 Å². The average Bonchev–Trinajstić information content (AvgIpc) is 3.29. The largest absolute Gasteiger partial charge is 0.417 e. The molecule has 0 aliphatic rings. The summed E-state index contributed by atoms with van der Waals surface area (Å²) in [5, 5.41) is 14.0. The van der Waals surface area contributed by atoms with E-state index in [4.69, 9.17) is 0 Å². The number of alkyl halides is 3. The number of thioether (sulfide) groups is 1. The number of nitrogens with zero attached hydrogens (tertiary/aromatic N) is 3. The van der Waals surface area contributed by atoms with Crippen LogP contribution in [0.2, 0.25) is 0 Å². The van der Waals surface area contributed by atoms with Gasteiger partial charge in [-0.15, -0.1) is 22.7 Å². The third-order valence-electron chi connectivity index (χ3n) is 3.44. The minimum absolute atomic E-state index is 0.0803. The minimum atomic E-state index is -4.62. The first-order valence-electron chi connectivity index (χ1n) is 7.54. The Morgan fingerprint density at radius 2 is 2.08 bits per heavy atom. The maximum atomic E-state index is 13.5. The van der Waals surface area contributed by atoms with Crippen LogP contribution in [0.15, 0.2) is 34.0 Å². The number of nitriles is 1. The Kier molecular flexibility index (Phi) is 5.65. The van der Waals surface area contributed by atoms with E-state index >= 15 is 0 Å². The third kappa shape index (κ3) is 4.09. The van der Waals surface area contributed by atoms with Gasteiger partial charge in [-0.05, 0) is 23.9 Å². The summed E-state index contributed by atoms with van der Waals surface area (Å²) in [6.07, 6.45) is -3.81. The van der Waals surface area contributed by atoms with Crippen molar-refractivity contribution in [2.45, 2.75) is 30.3 Å². The number of hydrogen-bond acceptors (Lipinski definition) is 6. The van der Waals surface area contributed by atoms with Crippen LogP contribution < -0.4 is 0 Å². The second-order valence-corrected chi connectivity index (χ2v) is 8.05. The molecule has 0 spiro atoms. The summed E-state index contributed by atoms with van der Waals surface area (Å²) in [6.45, 7) is 1.99. The Bertz CT molecular complexity index is 941. The van der Waals surface area contributed by atoms with Gasteiger partial charge in [0, 0.05) is 11.1 Å². The van der Waals surface area contributed by atoms with E-state index in [9.17, 15) is 18.4 Å². The van der Waals surface area contributed by atoms with Gasteiger partial charge >= 0.3 is 6.18 Å². The minimum Gasteiger partial charge on any atom is -0.245 e. The van der Waals surface area contributed by atoms with Crippen molar-refractivity contribution in [3.05, 3.63) is 50.8 Å². The van der Waals surface area contributed by atoms with Crippen molar-refractivity contribution in [3.8, 4) is 16.6 Å². The van der Waals surface area contributed by atoms with Crippen LogP contribution in [0, 0.1) is 11.3 Å². The fourth-order valence-electron chi connectivity index (χ4n) is 2.23. The van der Waals surface area contributed by atoms with E-state index in [1.54, 1.807) is 23.6 Å². The molecule has 0 aromatic carbocycles. The molecule has 9 heteroatoms. The zero-order chi connectivity index (χ0) is 18.7. The lowest BCUT2D eigenvalue weighted by molar-refractivity contribution is -0.138. The first-order chi connectivity index (χ1) is 12.4. The van der Waals surface area contributed by atoms with Crippen LogP contribution in [0.25, 0.3) is 10.6 Å². The van der Waals surface area contributed by atoms with E-state index < -0.39 is 17.3 Å². The van der Waals surface area contributed by atoms with E-state index in [-0.39, 0.29) is 10.7 Å². The van der Waals surface area contributed by atoms with E-state index in [2.05, 4.69) is 9.97 Å². The summed E-state index contributed by atoms with van der Waals surface area (Å²) in [4.78, 5) is 9.37. The van der Waals surface area contributed by atoms with Gasteiger partial charge < -0.3 is 0 Å². The molecule has 0 saturated heterocycles. The first-order valence-corrected chi connectivity index (χ1v) is 10.3. The molecule has 0 atom stereocenters. The van der Waals surface area contributed by atoms with Gasteiger partial charge in [-0.1, -0.05) is 24.8 Å². The topological polar surface area (TPSA) is 49.6 Å². The van der Waals surface area contributed by atoms with Crippen LogP contribution in [0.4, 0.5) is 13.2 Å². The molecule has 0 saturated carbocycles. The van der Waals surface area contributed by atoms with E-state index in [0.29, 0.717) is 10.6 Å². The van der Waals surface area contributed by atoms with Crippen molar-refractivity contribution in [1.29, 1.82) is 5.26 Å². The molecule has 3 aromatic heterocycles. The molecule has 0 N–H and O–H groups in total. The fourth-order valence-corrected chi connectivity index (χ4v) is 4.66. The lowest BCUT2D eigenvalue weighted by Crippen LogP contribution is -2.10. The number of thiophene rings is 1. The van der Waals surface area contributed by atoms with Crippen molar-refractivity contribution in [1.82, 2.24) is 9.97 Å². The molecule has 3 nitrogen and oxygen atoms in total. The highest BCUT2D eigenvalue weighted by atomic mass is 32.2. The number of halogens is 3. The van der Waals surface area contributed by atoms with Gasteiger partial charge in [0.1, 0.15) is 11.1 Å². The normalized spacial score (nSPS) is 11.5. The molecule has 0 unspecified atom stereocenters. The van der Waals surface area contributed by atoms with Crippen molar-refractivity contribution < 1.29 is 13.2 Å². The van der Waals surface area contributed by atoms with Crippen LogP contribution in [0.1, 0.15) is 28.8 Å². The van der Waals surface area contributed by atoms with Gasteiger partial charge in [-0.25, -0.2) is 9.97 Å². The molecule has 0 amide bonds. The monoisotopic (exact) mass is 411 g/mol. The number of pyridine rings is 1. The number of hydrogen-bond donors (Lipinski definition) is 0. The number of rotatable bonds is 5. The predicted octanol–water partition coefficient (Wildman–Crippen LogP) is 6.01. The standard InChI is InChI=1S/C17H12F3N3S3/c1-2-15-22-10(8-25-15)9-26-16-11(7-21)12(17(18,19)20)6-13(23-16)14-4-3-5-24-14/h3-6,8H,2,9H2,1H3. The number of aromatic nitrogens is 2. The van der Waals surface area contributed by atoms with Crippen LogP contribution in [-0.4, -0.2) is 9.97 Å². The highest BCUT2D eigenvalue weighted by molar-refractivity contribution is 7.98. The van der Waals surface area contributed by atoms with Gasteiger partial charge in [0.15, 0.2) is 0 Å². The van der Waals surface area contributed by atoms with Crippen LogP contribution in [-0.2, 0) is 18.3 Å². The SMILES string of the molecule is CCc1nc(CSc2nc(-c3cccs3)cc(C(F)(F)F)c2C#N)cs1. The lowest BCUT2D eigenvalue weighted by atomic mass is 10.1. The molecule has 0 bridgehead atoms. The summed E-state index contributed by atoms with van der Waals surface area (Å²) < 4.78 is 40.4. The number of aryl methyl sites for hydroxylation is 1. The predicted molar refractivity (Wildman–Crippen MR) is 98.3 cm³/mol. The van der Waals surface area contributed by atoms with E-state index in [0.717, 1.165) is 35.0 Å². The highest BCUT2D eigenvalue weighted by Crippen LogP contribution is 2.39. The van der Waals surface area contributed by atoms with Crippen LogP contribution >= 0.6 is 34.4 Å². The van der Waals surface area contributed by atoms with E-state index in [1.165, 1.54) is 22.7 Å². The Labute approximate surface area is 160 Å². The summed E-state index contributed by atoms with van der Waals surface area (Å²) in [5.74, 6) is 0.364. The van der Waals surface area contributed by atoms with Crippen LogP contribution in [0.3, 0.4) is 0 Å². The van der Waals surface area contributed by atoms with Gasteiger partial charge in [-0.3, -0.25) is 0 Å². The van der Waals surface area contributed by atoms with Crippen molar-refractivity contribution in [2.24, 2.45) is 0 Å². The second kappa shape index (κ2) is 7.78. The zero-order valence-corrected chi connectivity index (χ0v) is 16.0. The molecular formula is C17H12F3N3S3. The molecule has 0 aliphatic carbocycles. The quantitative estimate of drug-likeness (QED) is 0.482. The highest BCUT2D eigenvalue weighted by Gasteiger charge is 2.36. The molecule has 3 heterocycles. The van der Waals surface area contributed by atoms with Gasteiger partial charge in [0.05, 0.1) is 32.4 Å². The number of thiazole rings is 1. The fraction of sp³-hybridized carbons (Fsp3) is 0.235. The van der Waals surface area contributed by atoms with Gasteiger partial charge in [0.2, 0.25) is 0 Å². The zero-order valence-electron chi connectivity index (χ0n) is 13.5. The Balaban J connectivity index is 2.01. The van der Waals surface area contributed by atoms with Gasteiger partial charge in [0.25, 0.3) is 0 Å². The summed E-state index contributed by atoms with van der Waals surface area (Å²) in [5.41, 5.74) is -0.388. The van der Waals surface area contributed by atoms with Gasteiger partial charge in [-0.2, -0.15) is 18.4 Å². The van der Waals surface area contributed by atoms with Crippen molar-refractivity contribution >= 4 is 34.4 Å².